The van der Waals surface area contributed by atoms with E-state index in [9.17, 15) is 4.39 Å². The molecule has 2 aromatic rings. The third kappa shape index (κ3) is 3.02. The summed E-state index contributed by atoms with van der Waals surface area (Å²) in [6.45, 7) is 6.18. The van der Waals surface area contributed by atoms with E-state index in [1.54, 1.807) is 30.8 Å². The molecule has 2 rings (SSSR count). The van der Waals surface area contributed by atoms with Crippen LogP contribution in [0, 0.1) is 18.7 Å². The molecule has 0 saturated heterocycles. The number of ether oxygens (including phenoxy) is 1. The Bertz CT molecular complexity index is 626. The molecule has 21 heavy (non-hydrogen) atoms. The van der Waals surface area contributed by atoms with Crippen LogP contribution in [0.2, 0.25) is 0 Å². The average Bonchev–Trinajstić information content (AvgIpc) is 2.88. The summed E-state index contributed by atoms with van der Waals surface area (Å²) in [5.74, 6) is 0.233. The monoisotopic (exact) mass is 293 g/mol. The van der Waals surface area contributed by atoms with E-state index in [1.807, 2.05) is 13.8 Å². The third-order valence-electron chi connectivity index (χ3n) is 3.43. The van der Waals surface area contributed by atoms with Crippen LogP contribution in [0.3, 0.4) is 0 Å². The Morgan fingerprint density at radius 1 is 1.38 bits per heavy atom. The van der Waals surface area contributed by atoms with Crippen molar-refractivity contribution in [1.29, 1.82) is 0 Å². The molecule has 2 N–H and O–H groups in total. The topological polar surface area (TPSA) is 78.8 Å². The molecule has 1 aromatic heterocycles. The first-order chi connectivity index (χ1) is 9.95. The molecule has 7 heteroatoms. The summed E-state index contributed by atoms with van der Waals surface area (Å²) in [6, 6.07) is 3.05. The maximum absolute atomic E-state index is 14.4. The van der Waals surface area contributed by atoms with Gasteiger partial charge in [-0.2, -0.15) is 0 Å². The number of nitrogens with two attached hydrogens (primary N) is 1. The van der Waals surface area contributed by atoms with E-state index in [0.29, 0.717) is 29.2 Å². The summed E-state index contributed by atoms with van der Waals surface area (Å²) in [6.07, 6.45) is 0. The van der Waals surface area contributed by atoms with Gasteiger partial charge in [0.1, 0.15) is 5.82 Å². The van der Waals surface area contributed by atoms with Gasteiger partial charge in [-0.3, -0.25) is 0 Å². The second kappa shape index (κ2) is 6.17. The minimum absolute atomic E-state index is 0.0823. The Labute approximate surface area is 123 Å². The van der Waals surface area contributed by atoms with Gasteiger partial charge in [-0.25, -0.2) is 9.07 Å². The number of aryl methyl sites for hydroxylation is 1. The molecule has 0 fully saturated rings. The van der Waals surface area contributed by atoms with Crippen LogP contribution < -0.4 is 5.73 Å². The van der Waals surface area contributed by atoms with Crippen LogP contribution in [-0.2, 0) is 4.74 Å². The lowest BCUT2D eigenvalue weighted by molar-refractivity contribution is 0.126. The van der Waals surface area contributed by atoms with Crippen LogP contribution in [0.15, 0.2) is 12.1 Å². The lowest BCUT2D eigenvalue weighted by Gasteiger charge is -2.21. The summed E-state index contributed by atoms with van der Waals surface area (Å²) in [4.78, 5) is 0. The SMILES string of the molecule is COCC(C(C)C)n1nnnc1-c1cc(N)cc(C)c1F. The standard InChI is InChI=1S/C14H20FN5O/c1-8(2)12(7-21-4)20-14(17-18-19-20)11-6-10(16)5-9(3)13(11)15/h5-6,8,12H,7,16H2,1-4H3. The Morgan fingerprint density at radius 3 is 2.71 bits per heavy atom. The molecule has 6 nitrogen and oxygen atoms in total. The van der Waals surface area contributed by atoms with Gasteiger partial charge < -0.3 is 10.5 Å². The molecular weight excluding hydrogens is 273 g/mol. The van der Waals surface area contributed by atoms with Crippen molar-refractivity contribution in [2.24, 2.45) is 5.92 Å². The zero-order valence-corrected chi connectivity index (χ0v) is 12.7. The van der Waals surface area contributed by atoms with Gasteiger partial charge in [0.25, 0.3) is 0 Å². The maximum Gasteiger partial charge on any atom is 0.185 e. The number of tetrazole rings is 1. The van der Waals surface area contributed by atoms with Gasteiger partial charge in [0, 0.05) is 12.8 Å². The summed E-state index contributed by atoms with van der Waals surface area (Å²) in [5.41, 5.74) is 7.06. The summed E-state index contributed by atoms with van der Waals surface area (Å²) < 4.78 is 21.2. The fraction of sp³-hybridized carbons (Fsp3) is 0.500. The van der Waals surface area contributed by atoms with E-state index in [1.165, 1.54) is 0 Å². The summed E-state index contributed by atoms with van der Waals surface area (Å²) in [7, 11) is 1.62. The van der Waals surface area contributed by atoms with Crippen LogP contribution in [-0.4, -0.2) is 33.9 Å². The van der Waals surface area contributed by atoms with Gasteiger partial charge in [0.15, 0.2) is 5.82 Å². The number of hydrogen-bond donors (Lipinski definition) is 1. The first-order valence-corrected chi connectivity index (χ1v) is 6.78. The molecule has 0 saturated carbocycles. The molecule has 0 aliphatic carbocycles. The van der Waals surface area contributed by atoms with Crippen LogP contribution in [0.25, 0.3) is 11.4 Å². The van der Waals surface area contributed by atoms with Crippen LogP contribution in [0.5, 0.6) is 0 Å². The van der Waals surface area contributed by atoms with Crippen molar-refractivity contribution in [3.05, 3.63) is 23.5 Å². The minimum Gasteiger partial charge on any atom is -0.399 e. The predicted molar refractivity (Wildman–Crippen MR) is 78.1 cm³/mol. The van der Waals surface area contributed by atoms with E-state index < -0.39 is 0 Å². The molecule has 0 aliphatic rings. The molecule has 0 radical (unpaired) electrons. The highest BCUT2D eigenvalue weighted by atomic mass is 19.1. The average molecular weight is 293 g/mol. The maximum atomic E-state index is 14.4. The second-order valence-electron chi connectivity index (χ2n) is 5.41. The molecule has 1 atom stereocenters. The highest BCUT2D eigenvalue weighted by molar-refractivity contribution is 5.63. The third-order valence-corrected chi connectivity index (χ3v) is 3.43. The minimum atomic E-state index is -0.361. The van der Waals surface area contributed by atoms with Crippen molar-refractivity contribution >= 4 is 5.69 Å². The Hall–Kier alpha value is -2.02. The molecular formula is C14H20FN5O. The Kier molecular flexibility index (Phi) is 4.52. The van der Waals surface area contributed by atoms with Crippen LogP contribution in [0.4, 0.5) is 10.1 Å². The van der Waals surface area contributed by atoms with Crippen molar-refractivity contribution in [3.8, 4) is 11.4 Å². The predicted octanol–water partition coefficient (Wildman–Crippen LogP) is 2.21. The number of nitrogens with zero attached hydrogens (tertiary/aromatic N) is 4. The highest BCUT2D eigenvalue weighted by Gasteiger charge is 2.24. The summed E-state index contributed by atoms with van der Waals surface area (Å²) >= 11 is 0. The van der Waals surface area contributed by atoms with Gasteiger partial charge in [-0.05, 0) is 41.0 Å². The van der Waals surface area contributed by atoms with Gasteiger partial charge in [-0.15, -0.1) is 5.10 Å². The number of nitrogen functional groups attached to an aromatic ring is 1. The molecule has 0 aliphatic heterocycles. The number of methoxy groups -OCH3 is 1. The molecule has 0 amide bonds. The van der Waals surface area contributed by atoms with Crippen LogP contribution >= 0.6 is 0 Å². The largest absolute Gasteiger partial charge is 0.399 e. The van der Waals surface area contributed by atoms with E-state index in [4.69, 9.17) is 10.5 Å². The second-order valence-corrected chi connectivity index (χ2v) is 5.41. The first-order valence-electron chi connectivity index (χ1n) is 6.78. The van der Waals surface area contributed by atoms with Gasteiger partial charge in [0.05, 0.1) is 18.2 Å². The number of anilines is 1. The highest BCUT2D eigenvalue weighted by Crippen LogP contribution is 2.29. The lowest BCUT2D eigenvalue weighted by atomic mass is 10.0. The Morgan fingerprint density at radius 2 is 2.10 bits per heavy atom. The Balaban J connectivity index is 2.54. The van der Waals surface area contributed by atoms with Gasteiger partial charge in [-0.1, -0.05) is 13.8 Å². The molecule has 0 bridgehead atoms. The summed E-state index contributed by atoms with van der Waals surface area (Å²) in [5, 5.41) is 11.7. The fourth-order valence-electron chi connectivity index (χ4n) is 2.27. The van der Waals surface area contributed by atoms with Crippen molar-refractivity contribution in [2.45, 2.75) is 26.8 Å². The van der Waals surface area contributed by atoms with Crippen molar-refractivity contribution in [3.63, 3.8) is 0 Å². The van der Waals surface area contributed by atoms with Crippen LogP contribution in [0.1, 0.15) is 25.5 Å². The van der Waals surface area contributed by atoms with E-state index >= 15 is 0 Å². The van der Waals surface area contributed by atoms with Crippen molar-refractivity contribution < 1.29 is 9.13 Å². The lowest BCUT2D eigenvalue weighted by Crippen LogP contribution is -2.22. The zero-order chi connectivity index (χ0) is 15.6. The molecule has 1 unspecified atom stereocenters. The fourth-order valence-corrected chi connectivity index (χ4v) is 2.27. The van der Waals surface area contributed by atoms with E-state index in [-0.39, 0.29) is 17.8 Å². The van der Waals surface area contributed by atoms with E-state index in [0.717, 1.165) is 0 Å². The zero-order valence-electron chi connectivity index (χ0n) is 12.7. The smallest absolute Gasteiger partial charge is 0.185 e. The molecule has 1 aromatic carbocycles. The first kappa shape index (κ1) is 15.4. The van der Waals surface area contributed by atoms with Gasteiger partial charge >= 0.3 is 0 Å². The molecule has 114 valence electrons. The number of hydrogen-bond acceptors (Lipinski definition) is 5. The molecule has 0 spiro atoms. The van der Waals surface area contributed by atoms with E-state index in [2.05, 4.69) is 15.5 Å². The van der Waals surface area contributed by atoms with Gasteiger partial charge in [0.2, 0.25) is 0 Å². The van der Waals surface area contributed by atoms with Crippen molar-refractivity contribution in [1.82, 2.24) is 20.2 Å². The number of aromatic nitrogens is 4. The number of benzene rings is 1. The quantitative estimate of drug-likeness (QED) is 0.855. The number of halogens is 1. The van der Waals surface area contributed by atoms with Crippen molar-refractivity contribution in [2.75, 3.05) is 19.5 Å². The number of rotatable bonds is 5. The normalized spacial score (nSPS) is 12.9. The molecule has 1 heterocycles.